The van der Waals surface area contributed by atoms with E-state index in [1.807, 2.05) is 0 Å². The zero-order valence-electron chi connectivity index (χ0n) is 6.22. The molecule has 2 nitrogen and oxygen atoms in total. The molecule has 0 aromatic carbocycles. The summed E-state index contributed by atoms with van der Waals surface area (Å²) in [5, 5.41) is 0. The van der Waals surface area contributed by atoms with Gasteiger partial charge in [-0.15, -0.1) is 0 Å². The molecular formula is C7H6F3NO. The monoisotopic (exact) mass is 177 g/mol. The molecule has 0 atom stereocenters. The van der Waals surface area contributed by atoms with Crippen molar-refractivity contribution in [2.45, 2.75) is 6.18 Å². The smallest absolute Gasteiger partial charge is 0.318 e. The minimum atomic E-state index is -4.38. The number of aryl methyl sites for hydroxylation is 1. The molecule has 1 heterocycles. The van der Waals surface area contributed by atoms with Crippen LogP contribution >= 0.6 is 0 Å². The van der Waals surface area contributed by atoms with Gasteiger partial charge in [0.15, 0.2) is 0 Å². The Morgan fingerprint density at radius 2 is 1.92 bits per heavy atom. The first-order valence-electron chi connectivity index (χ1n) is 3.15. The SMILES string of the molecule is Cn1cc(C(F)(F)F)ccc1=O. The summed E-state index contributed by atoms with van der Waals surface area (Å²) in [6.07, 6.45) is -3.62. The maximum absolute atomic E-state index is 12.0. The summed E-state index contributed by atoms with van der Waals surface area (Å²) in [5.41, 5.74) is -1.27. The molecule has 0 aliphatic rings. The molecule has 0 unspecified atom stereocenters. The van der Waals surface area contributed by atoms with Crippen molar-refractivity contribution in [3.63, 3.8) is 0 Å². The van der Waals surface area contributed by atoms with E-state index < -0.39 is 17.3 Å². The average Bonchev–Trinajstić information content (AvgIpc) is 1.92. The van der Waals surface area contributed by atoms with Crippen LogP contribution in [0.3, 0.4) is 0 Å². The first kappa shape index (κ1) is 8.83. The van der Waals surface area contributed by atoms with Crippen LogP contribution in [-0.4, -0.2) is 4.57 Å². The number of alkyl halides is 3. The van der Waals surface area contributed by atoms with Gasteiger partial charge in [-0.1, -0.05) is 0 Å². The summed E-state index contributed by atoms with van der Waals surface area (Å²) in [6.45, 7) is 0. The van der Waals surface area contributed by atoms with Crippen LogP contribution in [0.15, 0.2) is 23.1 Å². The molecule has 0 bridgehead atoms. The summed E-state index contributed by atoms with van der Waals surface area (Å²) in [4.78, 5) is 10.7. The van der Waals surface area contributed by atoms with Crippen molar-refractivity contribution in [3.05, 3.63) is 34.2 Å². The Morgan fingerprint density at radius 1 is 1.33 bits per heavy atom. The third-order valence-electron chi connectivity index (χ3n) is 1.41. The van der Waals surface area contributed by atoms with E-state index in [0.29, 0.717) is 0 Å². The Kier molecular flexibility index (Phi) is 1.95. The molecule has 0 radical (unpaired) electrons. The van der Waals surface area contributed by atoms with Crippen LogP contribution in [0.5, 0.6) is 0 Å². The lowest BCUT2D eigenvalue weighted by Gasteiger charge is -2.06. The van der Waals surface area contributed by atoms with Gasteiger partial charge in [0.1, 0.15) is 0 Å². The van der Waals surface area contributed by atoms with Gasteiger partial charge in [-0.05, 0) is 6.07 Å². The molecule has 0 spiro atoms. The number of pyridine rings is 1. The third-order valence-corrected chi connectivity index (χ3v) is 1.41. The lowest BCUT2D eigenvalue weighted by Crippen LogP contribution is -2.18. The molecule has 1 aromatic heterocycles. The van der Waals surface area contributed by atoms with E-state index in [2.05, 4.69) is 0 Å². The van der Waals surface area contributed by atoms with Crippen molar-refractivity contribution >= 4 is 0 Å². The quantitative estimate of drug-likeness (QED) is 0.587. The predicted molar refractivity (Wildman–Crippen MR) is 36.7 cm³/mol. The molecule has 66 valence electrons. The van der Waals surface area contributed by atoms with E-state index in [1.54, 1.807) is 0 Å². The summed E-state index contributed by atoms with van der Waals surface area (Å²) in [7, 11) is 1.28. The number of hydrogen-bond donors (Lipinski definition) is 0. The lowest BCUT2D eigenvalue weighted by atomic mass is 10.3. The van der Waals surface area contributed by atoms with Gasteiger partial charge in [-0.2, -0.15) is 13.2 Å². The Morgan fingerprint density at radius 3 is 2.33 bits per heavy atom. The van der Waals surface area contributed by atoms with Crippen LogP contribution in [0, 0.1) is 0 Å². The average molecular weight is 177 g/mol. The minimum absolute atomic E-state index is 0.456. The second-order valence-corrected chi connectivity index (χ2v) is 2.36. The molecular weight excluding hydrogens is 171 g/mol. The number of hydrogen-bond acceptors (Lipinski definition) is 1. The van der Waals surface area contributed by atoms with Gasteiger partial charge in [0.2, 0.25) is 5.56 Å². The summed E-state index contributed by atoms with van der Waals surface area (Å²) < 4.78 is 36.8. The van der Waals surface area contributed by atoms with Crippen LogP contribution in [0.4, 0.5) is 13.2 Å². The van der Waals surface area contributed by atoms with Crippen molar-refractivity contribution in [3.8, 4) is 0 Å². The van der Waals surface area contributed by atoms with E-state index in [-0.39, 0.29) is 0 Å². The van der Waals surface area contributed by atoms with Crippen molar-refractivity contribution in [1.82, 2.24) is 4.57 Å². The van der Waals surface area contributed by atoms with Gasteiger partial charge in [0, 0.05) is 19.3 Å². The zero-order chi connectivity index (χ0) is 9.35. The topological polar surface area (TPSA) is 22.0 Å². The zero-order valence-corrected chi connectivity index (χ0v) is 6.22. The van der Waals surface area contributed by atoms with Crippen molar-refractivity contribution < 1.29 is 13.2 Å². The Balaban J connectivity index is 3.23. The molecule has 1 rings (SSSR count). The van der Waals surface area contributed by atoms with Crippen LogP contribution in [0.1, 0.15) is 5.56 Å². The van der Waals surface area contributed by atoms with Crippen molar-refractivity contribution in [1.29, 1.82) is 0 Å². The highest BCUT2D eigenvalue weighted by Gasteiger charge is 2.30. The highest BCUT2D eigenvalue weighted by Crippen LogP contribution is 2.27. The highest BCUT2D eigenvalue weighted by atomic mass is 19.4. The van der Waals surface area contributed by atoms with Gasteiger partial charge < -0.3 is 4.57 Å². The molecule has 0 fully saturated rings. The number of halogens is 3. The van der Waals surface area contributed by atoms with Gasteiger partial charge in [-0.3, -0.25) is 4.79 Å². The molecule has 0 saturated carbocycles. The Hall–Kier alpha value is -1.26. The van der Waals surface area contributed by atoms with Crippen molar-refractivity contribution in [2.75, 3.05) is 0 Å². The Labute approximate surface area is 66.2 Å². The maximum Gasteiger partial charge on any atom is 0.417 e. The summed E-state index contributed by atoms with van der Waals surface area (Å²) in [5.74, 6) is 0. The van der Waals surface area contributed by atoms with Gasteiger partial charge in [-0.25, -0.2) is 0 Å². The van der Waals surface area contributed by atoms with E-state index in [1.165, 1.54) is 7.05 Å². The first-order chi connectivity index (χ1) is 5.41. The largest absolute Gasteiger partial charge is 0.417 e. The summed E-state index contributed by atoms with van der Waals surface area (Å²) in [6, 6.07) is 1.66. The van der Waals surface area contributed by atoms with E-state index in [4.69, 9.17) is 0 Å². The second kappa shape index (κ2) is 2.66. The summed E-state index contributed by atoms with van der Waals surface area (Å²) >= 11 is 0. The molecule has 0 saturated heterocycles. The second-order valence-electron chi connectivity index (χ2n) is 2.36. The van der Waals surface area contributed by atoms with Gasteiger partial charge >= 0.3 is 6.18 Å². The minimum Gasteiger partial charge on any atom is -0.318 e. The van der Waals surface area contributed by atoms with Crippen LogP contribution in [0.2, 0.25) is 0 Å². The highest BCUT2D eigenvalue weighted by molar-refractivity contribution is 5.13. The van der Waals surface area contributed by atoms with E-state index in [0.717, 1.165) is 22.9 Å². The molecule has 1 aromatic rings. The molecule has 0 aliphatic carbocycles. The fourth-order valence-corrected chi connectivity index (χ4v) is 0.762. The molecule has 12 heavy (non-hydrogen) atoms. The van der Waals surface area contributed by atoms with Crippen molar-refractivity contribution in [2.24, 2.45) is 7.05 Å². The predicted octanol–water partition coefficient (Wildman–Crippen LogP) is 1.40. The van der Waals surface area contributed by atoms with E-state index >= 15 is 0 Å². The lowest BCUT2D eigenvalue weighted by molar-refractivity contribution is -0.138. The fourth-order valence-electron chi connectivity index (χ4n) is 0.762. The van der Waals surface area contributed by atoms with Gasteiger partial charge in [0.05, 0.1) is 5.56 Å². The molecule has 0 aliphatic heterocycles. The number of rotatable bonds is 0. The third kappa shape index (κ3) is 1.66. The van der Waals surface area contributed by atoms with Gasteiger partial charge in [0.25, 0.3) is 0 Å². The molecule has 5 heteroatoms. The van der Waals surface area contributed by atoms with Crippen LogP contribution in [0.25, 0.3) is 0 Å². The number of nitrogens with zero attached hydrogens (tertiary/aromatic N) is 1. The fraction of sp³-hybridized carbons (Fsp3) is 0.286. The van der Waals surface area contributed by atoms with Crippen LogP contribution in [-0.2, 0) is 13.2 Å². The Bertz CT molecular complexity index is 339. The molecule has 0 amide bonds. The standard InChI is InChI=1S/C7H6F3NO/c1-11-4-5(7(8,9)10)2-3-6(11)12/h2-4H,1H3. The normalized spacial score (nSPS) is 11.7. The first-order valence-corrected chi connectivity index (χ1v) is 3.15. The van der Waals surface area contributed by atoms with Crippen LogP contribution < -0.4 is 5.56 Å². The maximum atomic E-state index is 12.0. The number of aromatic nitrogens is 1. The van der Waals surface area contributed by atoms with E-state index in [9.17, 15) is 18.0 Å². The molecule has 0 N–H and O–H groups in total.